The molecule has 0 atom stereocenters. The van der Waals surface area contributed by atoms with E-state index in [4.69, 9.17) is 7.85 Å². The third-order valence-electron chi connectivity index (χ3n) is 1.26. The fourth-order valence-corrected chi connectivity index (χ4v) is 0.734. The van der Waals surface area contributed by atoms with Gasteiger partial charge in [-0.05, 0) is 12.1 Å². The predicted octanol–water partition coefficient (Wildman–Crippen LogP) is 0.661. The fraction of sp³-hybridized carbons (Fsp3) is 0.143. The molecule has 1 N–H and O–H groups in total. The highest BCUT2D eigenvalue weighted by Gasteiger charge is 1.96. The first-order valence-corrected chi connectivity index (χ1v) is 2.97. The minimum Gasteiger partial charge on any atom is -0.386 e. The molecule has 2 radical (unpaired) electrons. The zero-order valence-corrected chi connectivity index (χ0v) is 5.69. The average molecular weight is 135 g/mol. The summed E-state index contributed by atoms with van der Waals surface area (Å²) in [5.74, 6) is -0.317. The van der Waals surface area contributed by atoms with Crippen LogP contribution < -0.4 is 10.8 Å². The van der Waals surface area contributed by atoms with Gasteiger partial charge in [-0.1, -0.05) is 11.5 Å². The Kier molecular flexibility index (Phi) is 1.95. The molecule has 0 aliphatic carbocycles. The smallest absolute Gasteiger partial charge is 0.145 e. The molecule has 0 saturated carbocycles. The normalized spacial score (nSPS) is 9.40. The van der Waals surface area contributed by atoms with Crippen LogP contribution in [0, 0.1) is 5.82 Å². The lowest BCUT2D eigenvalue weighted by atomic mass is 9.96. The van der Waals surface area contributed by atoms with Crippen molar-refractivity contribution >= 4 is 19.0 Å². The second kappa shape index (κ2) is 2.73. The van der Waals surface area contributed by atoms with Crippen molar-refractivity contribution in [2.24, 2.45) is 0 Å². The van der Waals surface area contributed by atoms with E-state index in [9.17, 15) is 4.39 Å². The van der Waals surface area contributed by atoms with Crippen molar-refractivity contribution in [3.63, 3.8) is 0 Å². The van der Waals surface area contributed by atoms with E-state index >= 15 is 0 Å². The van der Waals surface area contributed by atoms with E-state index in [1.165, 1.54) is 6.07 Å². The molecule has 0 heterocycles. The van der Waals surface area contributed by atoms with Gasteiger partial charge in [-0.15, -0.1) is 0 Å². The van der Waals surface area contributed by atoms with Crippen molar-refractivity contribution < 1.29 is 4.39 Å². The summed E-state index contributed by atoms with van der Waals surface area (Å²) in [7, 11) is 6.98. The highest BCUT2D eigenvalue weighted by Crippen LogP contribution is 2.08. The average Bonchev–Trinajstić information content (AvgIpc) is 1.88. The van der Waals surface area contributed by atoms with Crippen LogP contribution in [0.3, 0.4) is 0 Å². The van der Waals surface area contributed by atoms with Crippen LogP contribution in [0.2, 0.25) is 0 Å². The van der Waals surface area contributed by atoms with Crippen molar-refractivity contribution in [1.29, 1.82) is 0 Å². The molecular weight excluding hydrogens is 128 g/mol. The summed E-state index contributed by atoms with van der Waals surface area (Å²) in [5.41, 5.74) is 0.908. The third-order valence-corrected chi connectivity index (χ3v) is 1.26. The van der Waals surface area contributed by atoms with E-state index in [-0.39, 0.29) is 5.82 Å². The zero-order valence-electron chi connectivity index (χ0n) is 5.69. The quantitative estimate of drug-likeness (QED) is 0.557. The second-order valence-corrected chi connectivity index (χ2v) is 1.99. The maximum absolute atomic E-state index is 12.7. The van der Waals surface area contributed by atoms with Gasteiger partial charge in [0.05, 0.1) is 5.69 Å². The molecular formula is C7H7BFN. The number of rotatable bonds is 1. The van der Waals surface area contributed by atoms with Gasteiger partial charge in [0.25, 0.3) is 0 Å². The van der Waals surface area contributed by atoms with E-state index in [1.807, 2.05) is 0 Å². The second-order valence-electron chi connectivity index (χ2n) is 1.99. The molecule has 3 heteroatoms. The van der Waals surface area contributed by atoms with Gasteiger partial charge in [0.15, 0.2) is 0 Å². The molecule has 0 bridgehead atoms. The van der Waals surface area contributed by atoms with Gasteiger partial charge in [-0.25, -0.2) is 4.39 Å². The van der Waals surface area contributed by atoms with Gasteiger partial charge in [-0.2, -0.15) is 0 Å². The molecule has 1 nitrogen and oxygen atoms in total. The molecule has 50 valence electrons. The number of hydrogen-bond donors (Lipinski definition) is 1. The summed E-state index contributed by atoms with van der Waals surface area (Å²) in [6, 6.07) is 4.53. The van der Waals surface area contributed by atoms with Crippen LogP contribution in [-0.4, -0.2) is 14.9 Å². The standard InChI is InChI=1S/C7H7BFN/c1-10-7-3-2-5(8)4-6(7)9/h2-4,10H,1H3. The number of hydrogen-bond acceptors (Lipinski definition) is 1. The minimum absolute atomic E-state index is 0.317. The predicted molar refractivity (Wildman–Crippen MR) is 41.3 cm³/mol. The first kappa shape index (κ1) is 7.13. The topological polar surface area (TPSA) is 12.0 Å². The Morgan fingerprint density at radius 3 is 2.70 bits per heavy atom. The summed E-state index contributed by atoms with van der Waals surface area (Å²) >= 11 is 0. The Bertz CT molecular complexity index is 237. The van der Waals surface area contributed by atoms with E-state index < -0.39 is 0 Å². The summed E-state index contributed by atoms with van der Waals surface area (Å²) in [6.45, 7) is 0. The van der Waals surface area contributed by atoms with Crippen molar-refractivity contribution in [3.8, 4) is 0 Å². The third kappa shape index (κ3) is 1.29. The first-order chi connectivity index (χ1) is 4.74. The molecule has 1 rings (SSSR count). The molecule has 0 spiro atoms. The minimum atomic E-state index is -0.317. The van der Waals surface area contributed by atoms with Crippen LogP contribution in [0.4, 0.5) is 10.1 Å². The zero-order chi connectivity index (χ0) is 7.56. The Hall–Kier alpha value is -0.985. The number of anilines is 1. The number of benzene rings is 1. The molecule has 0 aromatic heterocycles. The van der Waals surface area contributed by atoms with Gasteiger partial charge in [0.1, 0.15) is 13.7 Å². The van der Waals surface area contributed by atoms with Crippen LogP contribution in [0.25, 0.3) is 0 Å². The van der Waals surface area contributed by atoms with Gasteiger partial charge in [0, 0.05) is 7.05 Å². The molecule has 0 unspecified atom stereocenters. The molecule has 0 amide bonds. The van der Waals surface area contributed by atoms with Crippen molar-refractivity contribution in [2.45, 2.75) is 0 Å². The molecule has 0 saturated heterocycles. The van der Waals surface area contributed by atoms with E-state index in [1.54, 1.807) is 19.2 Å². The maximum atomic E-state index is 12.7. The highest BCUT2D eigenvalue weighted by atomic mass is 19.1. The first-order valence-electron chi connectivity index (χ1n) is 2.97. The van der Waals surface area contributed by atoms with Crippen molar-refractivity contribution in [1.82, 2.24) is 0 Å². The molecule has 10 heavy (non-hydrogen) atoms. The van der Waals surface area contributed by atoms with Crippen LogP contribution in [0.5, 0.6) is 0 Å². The Balaban J connectivity index is 3.07. The Labute approximate surface area is 60.7 Å². The van der Waals surface area contributed by atoms with E-state index in [0.717, 1.165) is 0 Å². The van der Waals surface area contributed by atoms with Gasteiger partial charge in [0.2, 0.25) is 0 Å². The van der Waals surface area contributed by atoms with Crippen LogP contribution in [-0.2, 0) is 0 Å². The summed E-state index contributed by atoms with van der Waals surface area (Å²) in [6.07, 6.45) is 0. The molecule has 1 aromatic carbocycles. The Morgan fingerprint density at radius 2 is 2.20 bits per heavy atom. The summed E-state index contributed by atoms with van der Waals surface area (Å²) < 4.78 is 12.7. The maximum Gasteiger partial charge on any atom is 0.145 e. The van der Waals surface area contributed by atoms with E-state index in [2.05, 4.69) is 5.32 Å². The highest BCUT2D eigenvalue weighted by molar-refractivity contribution is 6.32. The van der Waals surface area contributed by atoms with Gasteiger partial charge < -0.3 is 5.32 Å². The lowest BCUT2D eigenvalue weighted by molar-refractivity contribution is 0.632. The largest absolute Gasteiger partial charge is 0.386 e. The van der Waals surface area contributed by atoms with Gasteiger partial charge >= 0.3 is 0 Å². The fourth-order valence-electron chi connectivity index (χ4n) is 0.734. The van der Waals surface area contributed by atoms with Gasteiger partial charge in [-0.3, -0.25) is 0 Å². The molecule has 0 fully saturated rings. The van der Waals surface area contributed by atoms with E-state index in [0.29, 0.717) is 11.2 Å². The molecule has 1 aromatic rings. The lowest BCUT2D eigenvalue weighted by Crippen LogP contribution is -2.04. The van der Waals surface area contributed by atoms with Crippen LogP contribution >= 0.6 is 0 Å². The SMILES string of the molecule is [B]c1ccc(NC)c(F)c1. The summed E-state index contributed by atoms with van der Waals surface area (Å²) in [5, 5.41) is 2.69. The van der Waals surface area contributed by atoms with Crippen molar-refractivity contribution in [3.05, 3.63) is 24.0 Å². The summed E-state index contributed by atoms with van der Waals surface area (Å²) in [4.78, 5) is 0. The van der Waals surface area contributed by atoms with Crippen LogP contribution in [0.15, 0.2) is 18.2 Å². The number of halogens is 1. The number of nitrogens with one attached hydrogen (secondary N) is 1. The Morgan fingerprint density at radius 1 is 1.50 bits per heavy atom. The lowest BCUT2D eigenvalue weighted by Gasteiger charge is -2.01. The van der Waals surface area contributed by atoms with Crippen LogP contribution in [0.1, 0.15) is 0 Å². The monoisotopic (exact) mass is 135 g/mol. The van der Waals surface area contributed by atoms with Crippen molar-refractivity contribution in [2.75, 3.05) is 12.4 Å². The molecule has 0 aliphatic heterocycles. The molecule has 0 aliphatic rings.